The first-order valence-corrected chi connectivity index (χ1v) is 10.5. The van der Waals surface area contributed by atoms with Crippen LogP contribution in [0.5, 0.6) is 0 Å². The van der Waals surface area contributed by atoms with Crippen LogP contribution >= 0.6 is 0 Å². The molecule has 2 aromatic carbocycles. The maximum atomic E-state index is 12.9. The summed E-state index contributed by atoms with van der Waals surface area (Å²) in [5.41, 5.74) is 1.39. The molecule has 0 aliphatic carbocycles. The highest BCUT2D eigenvalue weighted by Crippen LogP contribution is 2.18. The fourth-order valence-electron chi connectivity index (χ4n) is 2.87. The van der Waals surface area contributed by atoms with E-state index in [1.807, 2.05) is 12.1 Å². The third-order valence-corrected chi connectivity index (χ3v) is 4.58. The zero-order valence-electron chi connectivity index (χ0n) is 18.6. The van der Waals surface area contributed by atoms with E-state index in [0.717, 1.165) is 0 Å². The Bertz CT molecular complexity index is 832. The van der Waals surface area contributed by atoms with Gasteiger partial charge in [0.15, 0.2) is 0 Å². The molecule has 2 rings (SSSR count). The molecule has 0 bridgehead atoms. The summed E-state index contributed by atoms with van der Waals surface area (Å²) < 4.78 is 15.6. The van der Waals surface area contributed by atoms with Crippen molar-refractivity contribution in [2.45, 2.75) is 39.2 Å². The summed E-state index contributed by atoms with van der Waals surface area (Å²) in [6.07, 6.45) is -3.43. The van der Waals surface area contributed by atoms with Crippen LogP contribution < -0.4 is 0 Å². The Morgan fingerprint density at radius 2 is 1.27 bits per heavy atom. The van der Waals surface area contributed by atoms with Gasteiger partial charge in [-0.25, -0.2) is 14.4 Å². The Balaban J connectivity index is 2.20. The minimum Gasteiger partial charge on any atom is -0.461 e. The van der Waals surface area contributed by atoms with Gasteiger partial charge in [0.1, 0.15) is 32.0 Å². The second-order valence-electron chi connectivity index (χ2n) is 7.61. The molecule has 9 nitrogen and oxygen atoms in total. The maximum absolute atomic E-state index is 12.9. The van der Waals surface area contributed by atoms with Crippen molar-refractivity contribution in [3.63, 3.8) is 0 Å². The molecule has 2 aromatic rings. The monoisotopic (exact) mass is 459 g/mol. The van der Waals surface area contributed by atoms with Crippen LogP contribution in [0.2, 0.25) is 0 Å². The van der Waals surface area contributed by atoms with E-state index >= 15 is 0 Å². The Hall–Kier alpha value is -3.43. The summed E-state index contributed by atoms with van der Waals surface area (Å²) in [5, 5.41) is 18.4. The second kappa shape index (κ2) is 13.2. The summed E-state index contributed by atoms with van der Waals surface area (Å²) in [4.78, 5) is 39.2. The van der Waals surface area contributed by atoms with E-state index in [1.165, 1.54) is 0 Å². The lowest BCUT2D eigenvalue weighted by molar-refractivity contribution is -0.154. The number of ether oxygens (including phenoxy) is 3. The third kappa shape index (κ3) is 8.21. The molecule has 0 heterocycles. The largest absolute Gasteiger partial charge is 0.461 e. The number of aliphatic hydroxyl groups is 2. The van der Waals surface area contributed by atoms with Gasteiger partial charge in [-0.1, -0.05) is 74.5 Å². The van der Waals surface area contributed by atoms with Gasteiger partial charge in [0.2, 0.25) is 0 Å². The number of aliphatic hydroxyl groups excluding tert-OH is 2. The number of hydrogen-bond acceptors (Lipinski definition) is 8. The van der Waals surface area contributed by atoms with E-state index in [9.17, 15) is 19.5 Å². The molecule has 9 heteroatoms. The number of esters is 1. The van der Waals surface area contributed by atoms with Crippen LogP contribution in [0.3, 0.4) is 0 Å². The number of hydrogen-bond donors (Lipinski definition) is 2. The number of carbonyl (C=O) groups is 3. The van der Waals surface area contributed by atoms with Gasteiger partial charge in [-0.3, -0.25) is 0 Å². The quantitative estimate of drug-likeness (QED) is 0.411. The number of amides is 2. The molecule has 0 saturated carbocycles. The van der Waals surface area contributed by atoms with Crippen LogP contribution in [0.1, 0.15) is 25.0 Å². The van der Waals surface area contributed by atoms with Gasteiger partial charge in [-0.15, -0.1) is 0 Å². The Labute approximate surface area is 192 Å². The molecular formula is C24H29NO8. The summed E-state index contributed by atoms with van der Waals surface area (Å²) in [5.74, 6) is -1.50. The number of imide groups is 1. The molecule has 0 aliphatic heterocycles. The second-order valence-corrected chi connectivity index (χ2v) is 7.61. The van der Waals surface area contributed by atoms with Crippen molar-refractivity contribution in [2.75, 3.05) is 13.2 Å². The highest BCUT2D eigenvalue weighted by Gasteiger charge is 2.40. The van der Waals surface area contributed by atoms with Gasteiger partial charge in [0.05, 0.1) is 6.61 Å². The van der Waals surface area contributed by atoms with Gasteiger partial charge < -0.3 is 24.4 Å². The molecule has 2 amide bonds. The molecule has 178 valence electrons. The van der Waals surface area contributed by atoms with E-state index in [0.29, 0.717) is 16.0 Å². The highest BCUT2D eigenvalue weighted by molar-refractivity contribution is 5.94. The van der Waals surface area contributed by atoms with Crippen molar-refractivity contribution in [3.8, 4) is 0 Å². The molecule has 0 saturated heterocycles. The van der Waals surface area contributed by atoms with Crippen LogP contribution in [0.25, 0.3) is 0 Å². The van der Waals surface area contributed by atoms with E-state index in [-0.39, 0.29) is 13.2 Å². The molecule has 0 fully saturated rings. The van der Waals surface area contributed by atoms with E-state index in [4.69, 9.17) is 19.3 Å². The van der Waals surface area contributed by atoms with Crippen molar-refractivity contribution in [1.82, 2.24) is 4.90 Å². The van der Waals surface area contributed by atoms with Crippen LogP contribution in [0.15, 0.2) is 60.7 Å². The Morgan fingerprint density at radius 3 is 1.67 bits per heavy atom. The van der Waals surface area contributed by atoms with Crippen LogP contribution in [-0.2, 0) is 32.2 Å². The molecule has 2 atom stereocenters. The number of nitrogens with zero attached hydrogens (tertiary/aromatic N) is 1. The Kier molecular flexibility index (Phi) is 10.3. The smallest absolute Gasteiger partial charge is 0.420 e. The lowest BCUT2D eigenvalue weighted by Gasteiger charge is -2.29. The molecule has 0 radical (unpaired) electrons. The first kappa shape index (κ1) is 25.8. The summed E-state index contributed by atoms with van der Waals surface area (Å²) in [6, 6.07) is 16.3. The molecule has 33 heavy (non-hydrogen) atoms. The zero-order chi connectivity index (χ0) is 24.2. The predicted molar refractivity (Wildman–Crippen MR) is 118 cm³/mol. The van der Waals surface area contributed by atoms with Gasteiger partial charge in [-0.05, 0) is 17.0 Å². The third-order valence-electron chi connectivity index (χ3n) is 4.58. The first-order chi connectivity index (χ1) is 15.8. The number of rotatable bonds is 10. The molecule has 0 aromatic heterocycles. The first-order valence-electron chi connectivity index (χ1n) is 10.5. The van der Waals surface area contributed by atoms with Gasteiger partial charge in [0, 0.05) is 0 Å². The molecule has 1 unspecified atom stereocenters. The molecule has 0 aliphatic rings. The summed E-state index contributed by atoms with van der Waals surface area (Å²) in [7, 11) is 0. The van der Waals surface area contributed by atoms with Crippen LogP contribution in [-0.4, -0.2) is 58.6 Å². The topological polar surface area (TPSA) is 123 Å². The minimum atomic E-state index is -1.37. The van der Waals surface area contributed by atoms with Gasteiger partial charge in [-0.2, -0.15) is 4.90 Å². The normalized spacial score (nSPS) is 12.5. The lowest BCUT2D eigenvalue weighted by Crippen LogP contribution is -2.52. The minimum absolute atomic E-state index is 0.120. The zero-order valence-corrected chi connectivity index (χ0v) is 18.6. The van der Waals surface area contributed by atoms with Gasteiger partial charge >= 0.3 is 18.2 Å². The SMILES string of the molecule is CC(C)[C@@H](C(=O)OCC(O)CO)N(C(=O)OCc1ccccc1)C(=O)OCc1ccccc1. The molecular weight excluding hydrogens is 430 g/mol. The van der Waals surface area contributed by atoms with Crippen LogP contribution in [0, 0.1) is 5.92 Å². The van der Waals surface area contributed by atoms with Crippen molar-refractivity contribution in [2.24, 2.45) is 5.92 Å². The number of carbonyl (C=O) groups excluding carboxylic acids is 3. The molecule has 0 spiro atoms. The van der Waals surface area contributed by atoms with Crippen molar-refractivity contribution in [3.05, 3.63) is 71.8 Å². The van der Waals surface area contributed by atoms with Crippen molar-refractivity contribution >= 4 is 18.2 Å². The average Bonchev–Trinajstić information content (AvgIpc) is 2.83. The predicted octanol–water partition coefficient (Wildman–Crippen LogP) is 2.88. The lowest BCUT2D eigenvalue weighted by atomic mass is 10.0. The fraction of sp³-hybridized carbons (Fsp3) is 0.375. The standard InChI is InChI=1S/C24H29NO8/c1-17(2)21(22(28)31-16-20(27)13-26)25(23(29)32-14-18-9-5-3-6-10-18)24(30)33-15-19-11-7-4-8-12-19/h3-12,17,20-21,26-27H,13-16H2,1-2H3/t20?,21-/m0/s1. The van der Waals surface area contributed by atoms with E-state index < -0.39 is 49.4 Å². The van der Waals surface area contributed by atoms with E-state index in [1.54, 1.807) is 62.4 Å². The summed E-state index contributed by atoms with van der Waals surface area (Å²) in [6.45, 7) is 1.90. The number of benzene rings is 2. The van der Waals surface area contributed by atoms with E-state index in [2.05, 4.69) is 0 Å². The fourth-order valence-corrected chi connectivity index (χ4v) is 2.87. The summed E-state index contributed by atoms with van der Waals surface area (Å²) >= 11 is 0. The van der Waals surface area contributed by atoms with Gasteiger partial charge in [0.25, 0.3) is 0 Å². The maximum Gasteiger partial charge on any atom is 0.420 e. The van der Waals surface area contributed by atoms with Crippen LogP contribution in [0.4, 0.5) is 9.59 Å². The Morgan fingerprint density at radius 1 is 0.818 bits per heavy atom. The van der Waals surface area contributed by atoms with Crippen molar-refractivity contribution in [1.29, 1.82) is 0 Å². The molecule has 2 N–H and O–H groups in total. The average molecular weight is 459 g/mol. The van der Waals surface area contributed by atoms with Crippen molar-refractivity contribution < 1.29 is 38.8 Å². The highest BCUT2D eigenvalue weighted by atomic mass is 16.6.